The molecule has 0 spiro atoms. The van der Waals surface area contributed by atoms with Crippen molar-refractivity contribution < 1.29 is 19.4 Å². The van der Waals surface area contributed by atoms with Crippen molar-refractivity contribution in [3.05, 3.63) is 0 Å². The van der Waals surface area contributed by atoms with Crippen LogP contribution in [0.5, 0.6) is 0 Å². The van der Waals surface area contributed by atoms with Gasteiger partial charge >= 0.3 is 0 Å². The molecule has 1 N–H and O–H groups in total. The predicted molar refractivity (Wildman–Crippen MR) is 52.1 cm³/mol. The Bertz CT molecular complexity index is 205. The number of aliphatic hydroxyl groups is 1. The van der Waals surface area contributed by atoms with Gasteiger partial charge in [0, 0.05) is 12.2 Å². The molecule has 1 aliphatic rings. The molecule has 1 aliphatic heterocycles. The van der Waals surface area contributed by atoms with Crippen LogP contribution in [0.2, 0.25) is 0 Å². The summed E-state index contributed by atoms with van der Waals surface area (Å²) in [5.74, 6) is 0.437. The molecule has 1 fully saturated rings. The number of nitrogens with zero attached hydrogens (tertiary/aromatic N) is 1. The maximum Gasteiger partial charge on any atom is 0.288 e. The summed E-state index contributed by atoms with van der Waals surface area (Å²) in [7, 11) is 0. The topological polar surface area (TPSA) is 66.8 Å². The van der Waals surface area contributed by atoms with Crippen LogP contribution in [0.4, 0.5) is 4.79 Å². The van der Waals surface area contributed by atoms with Gasteiger partial charge in [-0.2, -0.15) is 0 Å². The van der Waals surface area contributed by atoms with Crippen molar-refractivity contribution in [3.63, 3.8) is 0 Å². The van der Waals surface area contributed by atoms with Gasteiger partial charge in [-0.25, -0.2) is 0 Å². The van der Waals surface area contributed by atoms with Gasteiger partial charge in [0.05, 0.1) is 26.4 Å². The van der Waals surface area contributed by atoms with Crippen molar-refractivity contribution in [2.45, 2.75) is 6.42 Å². The number of rotatable bonds is 5. The van der Waals surface area contributed by atoms with Crippen molar-refractivity contribution in [1.29, 1.82) is 0 Å². The van der Waals surface area contributed by atoms with Gasteiger partial charge in [0.2, 0.25) is 5.91 Å². The number of thioether (sulfide) groups is 1. The Morgan fingerprint density at radius 1 is 1.43 bits per heavy atom. The van der Waals surface area contributed by atoms with E-state index >= 15 is 0 Å². The molecule has 0 unspecified atom stereocenters. The first-order chi connectivity index (χ1) is 6.75. The zero-order valence-electron chi connectivity index (χ0n) is 7.77. The minimum atomic E-state index is -0.200. The maximum atomic E-state index is 11.3. The largest absolute Gasteiger partial charge is 0.394 e. The number of imide groups is 1. The summed E-state index contributed by atoms with van der Waals surface area (Å²) in [4.78, 5) is 23.7. The highest BCUT2D eigenvalue weighted by atomic mass is 32.2. The van der Waals surface area contributed by atoms with Crippen LogP contribution in [0, 0.1) is 0 Å². The van der Waals surface area contributed by atoms with Crippen molar-refractivity contribution in [2.75, 3.05) is 32.1 Å². The molecule has 2 amide bonds. The van der Waals surface area contributed by atoms with E-state index in [0.29, 0.717) is 18.8 Å². The second kappa shape index (κ2) is 6.00. The van der Waals surface area contributed by atoms with Crippen molar-refractivity contribution in [3.8, 4) is 0 Å². The average Bonchev–Trinajstić information content (AvgIpc) is 2.16. The molecule has 0 saturated carbocycles. The van der Waals surface area contributed by atoms with E-state index in [1.807, 2.05) is 0 Å². The van der Waals surface area contributed by atoms with Gasteiger partial charge in [-0.3, -0.25) is 14.5 Å². The van der Waals surface area contributed by atoms with Gasteiger partial charge in [-0.15, -0.1) is 0 Å². The molecule has 0 radical (unpaired) electrons. The fourth-order valence-corrected chi connectivity index (χ4v) is 1.88. The molecule has 14 heavy (non-hydrogen) atoms. The summed E-state index contributed by atoms with van der Waals surface area (Å²) in [5.41, 5.74) is 0. The molecule has 0 aromatic rings. The summed E-state index contributed by atoms with van der Waals surface area (Å²) >= 11 is 1.15. The first kappa shape index (κ1) is 11.5. The quantitative estimate of drug-likeness (QED) is 0.663. The third-order valence-corrected chi connectivity index (χ3v) is 2.63. The van der Waals surface area contributed by atoms with Crippen LogP contribution in [-0.4, -0.2) is 53.3 Å². The van der Waals surface area contributed by atoms with Crippen LogP contribution in [-0.2, 0) is 9.53 Å². The lowest BCUT2D eigenvalue weighted by molar-refractivity contribution is -0.128. The molecule has 0 aromatic carbocycles. The van der Waals surface area contributed by atoms with Crippen molar-refractivity contribution >= 4 is 22.9 Å². The van der Waals surface area contributed by atoms with Gasteiger partial charge in [0.15, 0.2) is 0 Å². The number of aliphatic hydroxyl groups excluding tert-OH is 1. The Kier molecular flexibility index (Phi) is 4.92. The van der Waals surface area contributed by atoms with Crippen LogP contribution in [0.1, 0.15) is 6.42 Å². The summed E-state index contributed by atoms with van der Waals surface area (Å²) < 4.78 is 4.98. The second-order valence-corrected chi connectivity index (χ2v) is 3.79. The van der Waals surface area contributed by atoms with E-state index in [4.69, 9.17) is 9.84 Å². The molecule has 1 heterocycles. The first-order valence-electron chi connectivity index (χ1n) is 4.41. The summed E-state index contributed by atoms with van der Waals surface area (Å²) in [5, 5.41) is 8.23. The Labute approximate surface area is 86.4 Å². The van der Waals surface area contributed by atoms with Gasteiger partial charge < -0.3 is 9.84 Å². The van der Waals surface area contributed by atoms with Gasteiger partial charge in [0.1, 0.15) is 0 Å². The number of hydrogen-bond acceptors (Lipinski definition) is 5. The summed E-state index contributed by atoms with van der Waals surface area (Å²) in [6.45, 7) is 0.767. The third kappa shape index (κ3) is 3.28. The van der Waals surface area contributed by atoms with Crippen LogP contribution in [0.3, 0.4) is 0 Å². The van der Waals surface area contributed by atoms with E-state index in [-0.39, 0.29) is 30.9 Å². The van der Waals surface area contributed by atoms with Gasteiger partial charge in [-0.05, 0) is 0 Å². The third-order valence-electron chi connectivity index (χ3n) is 1.76. The molecule has 1 saturated heterocycles. The van der Waals surface area contributed by atoms with E-state index in [1.54, 1.807) is 0 Å². The Morgan fingerprint density at radius 2 is 2.21 bits per heavy atom. The average molecular weight is 219 g/mol. The van der Waals surface area contributed by atoms with Crippen molar-refractivity contribution in [1.82, 2.24) is 4.90 Å². The summed E-state index contributed by atoms with van der Waals surface area (Å²) in [6, 6.07) is 0. The lowest BCUT2D eigenvalue weighted by Crippen LogP contribution is -2.40. The SMILES string of the molecule is O=C1CCSC(=O)N1CCOCCO. The molecule has 0 aromatic heterocycles. The Hall–Kier alpha value is -0.590. The van der Waals surface area contributed by atoms with Crippen molar-refractivity contribution in [2.24, 2.45) is 0 Å². The Morgan fingerprint density at radius 3 is 2.86 bits per heavy atom. The highest BCUT2D eigenvalue weighted by Crippen LogP contribution is 2.17. The highest BCUT2D eigenvalue weighted by Gasteiger charge is 2.25. The molecule has 80 valence electrons. The standard InChI is InChI=1S/C8H13NO4S/c10-3-5-13-4-2-9-7(11)1-6-14-8(9)12/h10H,1-6H2. The van der Waals surface area contributed by atoms with E-state index in [9.17, 15) is 9.59 Å². The number of hydrogen-bond donors (Lipinski definition) is 1. The zero-order valence-corrected chi connectivity index (χ0v) is 8.59. The van der Waals surface area contributed by atoms with Gasteiger partial charge in [0.25, 0.3) is 5.24 Å². The number of carbonyl (C=O) groups is 2. The first-order valence-corrected chi connectivity index (χ1v) is 5.40. The molecule has 1 rings (SSSR count). The lowest BCUT2D eigenvalue weighted by atomic mass is 10.4. The smallest absolute Gasteiger partial charge is 0.288 e. The molecule has 5 nitrogen and oxygen atoms in total. The fraction of sp³-hybridized carbons (Fsp3) is 0.750. The Balaban J connectivity index is 2.26. The summed E-state index contributed by atoms with van der Waals surface area (Å²) in [6.07, 6.45) is 0.413. The predicted octanol–water partition coefficient (Wildman–Crippen LogP) is 0.0808. The number of carbonyl (C=O) groups excluding carboxylic acids is 2. The number of ether oxygens (including phenoxy) is 1. The normalized spacial score (nSPS) is 17.6. The van der Waals surface area contributed by atoms with E-state index < -0.39 is 0 Å². The fourth-order valence-electron chi connectivity index (χ4n) is 1.08. The van der Waals surface area contributed by atoms with E-state index in [1.165, 1.54) is 4.90 Å². The minimum Gasteiger partial charge on any atom is -0.394 e. The van der Waals surface area contributed by atoms with E-state index in [0.717, 1.165) is 11.8 Å². The highest BCUT2D eigenvalue weighted by molar-refractivity contribution is 8.13. The van der Waals surface area contributed by atoms with E-state index in [2.05, 4.69) is 0 Å². The molecule has 0 bridgehead atoms. The number of amides is 2. The second-order valence-electron chi connectivity index (χ2n) is 2.75. The van der Waals surface area contributed by atoms with Crippen LogP contribution in [0.25, 0.3) is 0 Å². The van der Waals surface area contributed by atoms with Crippen LogP contribution < -0.4 is 0 Å². The monoisotopic (exact) mass is 219 g/mol. The lowest BCUT2D eigenvalue weighted by Gasteiger charge is -2.23. The van der Waals surface area contributed by atoms with Crippen LogP contribution >= 0.6 is 11.8 Å². The molecular formula is C8H13NO4S. The van der Waals surface area contributed by atoms with Crippen LogP contribution in [0.15, 0.2) is 0 Å². The maximum absolute atomic E-state index is 11.3. The molecule has 6 heteroatoms. The molecular weight excluding hydrogens is 206 g/mol. The minimum absolute atomic E-state index is 0.0450. The zero-order chi connectivity index (χ0) is 10.4. The molecule has 0 aliphatic carbocycles. The van der Waals surface area contributed by atoms with Gasteiger partial charge in [-0.1, -0.05) is 11.8 Å². The molecule has 0 atom stereocenters.